The van der Waals surface area contributed by atoms with Crippen molar-refractivity contribution in [1.82, 2.24) is 5.48 Å². The van der Waals surface area contributed by atoms with E-state index >= 15 is 0 Å². The highest BCUT2D eigenvalue weighted by molar-refractivity contribution is 5.89. The zero-order valence-electron chi connectivity index (χ0n) is 41.3. The fraction of sp³-hybridized carbons (Fsp3) is 0.680. The monoisotopic (exact) mass is 1040 g/mol. The number of methoxy groups -OCH3 is 1. The molecule has 8 unspecified atom stereocenters. The highest BCUT2D eigenvalue weighted by Gasteiger charge is 2.41. The van der Waals surface area contributed by atoms with Crippen molar-refractivity contribution in [3.8, 4) is 0 Å². The van der Waals surface area contributed by atoms with Crippen molar-refractivity contribution >= 4 is 23.3 Å². The van der Waals surface area contributed by atoms with Crippen molar-refractivity contribution in [3.63, 3.8) is 0 Å². The number of carbonyl (C=O) groups excluding carboxylic acids is 2. The second kappa shape index (κ2) is 35.7. The van der Waals surface area contributed by atoms with Crippen molar-refractivity contribution in [3.05, 3.63) is 70.8 Å². The molecule has 2 aromatic carbocycles. The third-order valence-electron chi connectivity index (χ3n) is 13.3. The number of nitrogens with one attached hydrogen (secondary N) is 1. The number of amides is 1. The van der Waals surface area contributed by atoms with Crippen molar-refractivity contribution in [1.29, 1.82) is 0 Å². The van der Waals surface area contributed by atoms with Gasteiger partial charge in [-0.15, -0.1) is 0 Å². The van der Waals surface area contributed by atoms with Crippen LogP contribution in [0.5, 0.6) is 0 Å². The summed E-state index contributed by atoms with van der Waals surface area (Å²) in [6, 6.07) is 10.2. The van der Waals surface area contributed by atoms with Gasteiger partial charge >= 0.3 is 18.3 Å². The van der Waals surface area contributed by atoms with Gasteiger partial charge in [0.15, 0.2) is 0 Å². The summed E-state index contributed by atoms with van der Waals surface area (Å²) in [5.41, 5.74) is 2.28. The molecule has 0 radical (unpaired) electrons. The van der Waals surface area contributed by atoms with E-state index in [9.17, 15) is 66.8 Å². The van der Waals surface area contributed by atoms with E-state index in [1.165, 1.54) is 19.2 Å². The van der Waals surface area contributed by atoms with Gasteiger partial charge in [-0.2, -0.15) is 26.3 Å². The normalized spacial score (nSPS) is 21.7. The maximum Gasteiger partial charge on any atom is 0.416 e. The van der Waals surface area contributed by atoms with E-state index in [0.717, 1.165) is 89.2 Å². The number of nitrogens with two attached hydrogens (primary N) is 1. The molecule has 0 spiro atoms. The molecule has 16 nitrogen and oxygen atoms in total. The predicted octanol–water partition coefficient (Wildman–Crippen LogP) is 8.52. The predicted molar refractivity (Wildman–Crippen MR) is 255 cm³/mol. The Kier molecular flexibility index (Phi) is 32.5. The zero-order chi connectivity index (χ0) is 54.3. The number of halogens is 6. The Hall–Kier alpha value is -4.42. The van der Waals surface area contributed by atoms with E-state index in [0.29, 0.717) is 93.2 Å². The van der Waals surface area contributed by atoms with E-state index in [4.69, 9.17) is 15.5 Å². The summed E-state index contributed by atoms with van der Waals surface area (Å²) in [6.45, 7) is 0. The van der Waals surface area contributed by atoms with Crippen LogP contribution < -0.4 is 11.4 Å². The number of aryl methyl sites for hydroxylation is 2. The number of carbonyl (C=O) groups is 2. The molecule has 412 valence electrons. The number of alkyl halides is 6. The number of benzene rings is 2. The Labute approximate surface area is 417 Å². The largest absolute Gasteiger partial charge is 0.469 e. The number of ether oxygens (including phenoxy) is 1. The molecule has 8 atom stereocenters. The first-order valence-corrected chi connectivity index (χ1v) is 24.5. The van der Waals surface area contributed by atoms with Crippen LogP contribution in [0.2, 0.25) is 0 Å². The highest BCUT2D eigenvalue weighted by Crippen LogP contribution is 2.39. The summed E-state index contributed by atoms with van der Waals surface area (Å²) in [5, 5.41) is 89.2. The fourth-order valence-corrected chi connectivity index (χ4v) is 9.53. The van der Waals surface area contributed by atoms with Crippen LogP contribution in [0.1, 0.15) is 151 Å². The molecule has 2 aliphatic carbocycles. The molecule has 0 bridgehead atoms. The molecule has 0 heterocycles. The number of hydrogen-bond acceptors (Lipinski definition) is 15. The number of nitrogens with zero attached hydrogens (tertiary/aromatic N) is 2. The zero-order valence-corrected chi connectivity index (χ0v) is 41.3. The van der Waals surface area contributed by atoms with Gasteiger partial charge in [0.1, 0.15) is 0 Å². The Morgan fingerprint density at radius 1 is 0.653 bits per heavy atom. The summed E-state index contributed by atoms with van der Waals surface area (Å²) < 4.78 is 81.9. The number of unbranched alkanes of at least 4 members (excludes halogenated alkanes) is 6. The molecule has 1 amide bonds. The molecule has 2 saturated carbocycles. The van der Waals surface area contributed by atoms with E-state index < -0.39 is 53.8 Å². The van der Waals surface area contributed by atoms with Crippen LogP contribution in [0, 0.1) is 23.7 Å². The summed E-state index contributed by atoms with van der Waals surface area (Å²) in [6.07, 6.45) is 0.980. The Bertz CT molecular complexity index is 1740. The molecule has 2 aliphatic rings. The third-order valence-corrected chi connectivity index (χ3v) is 13.3. The number of hydrogen-bond donors (Lipinski definition) is 11. The number of esters is 1. The van der Waals surface area contributed by atoms with Crippen molar-refractivity contribution in [2.24, 2.45) is 39.9 Å². The van der Waals surface area contributed by atoms with Gasteiger partial charge in [-0.05, 0) is 112 Å². The SMILES string of the molecule is CO.COC(=O)CCCCCCC1C(O)C/C(=N/O)C1CCC(O)CCc1cccc(C(F)(F)F)c1.NO.O=C(CCCCCCC1C(O)C/C(=N/O)C1CCC(O)CCc1cccc(C(F)(F)F)c1)NO. The van der Waals surface area contributed by atoms with E-state index in [-0.39, 0.29) is 42.5 Å². The van der Waals surface area contributed by atoms with Gasteiger partial charge in [0.25, 0.3) is 0 Å². The van der Waals surface area contributed by atoms with Crippen LogP contribution in [0.3, 0.4) is 0 Å². The van der Waals surface area contributed by atoms with Crippen LogP contribution >= 0.6 is 0 Å². The Balaban J connectivity index is 0.000000673. The highest BCUT2D eigenvalue weighted by atomic mass is 19.4. The van der Waals surface area contributed by atoms with Crippen LogP contribution in [0.4, 0.5) is 26.3 Å². The van der Waals surface area contributed by atoms with Crippen molar-refractivity contribution in [2.75, 3.05) is 14.2 Å². The summed E-state index contributed by atoms with van der Waals surface area (Å²) in [7, 11) is 2.37. The van der Waals surface area contributed by atoms with E-state index in [1.54, 1.807) is 17.6 Å². The first-order valence-electron chi connectivity index (χ1n) is 24.5. The summed E-state index contributed by atoms with van der Waals surface area (Å²) in [5.74, 6) is 2.40. The van der Waals surface area contributed by atoms with Crippen LogP contribution in [0.15, 0.2) is 58.8 Å². The van der Waals surface area contributed by atoms with Gasteiger partial charge in [0.2, 0.25) is 5.91 Å². The molecular formula is C50H78F6N4O12. The van der Waals surface area contributed by atoms with Crippen LogP contribution in [-0.2, 0) is 39.5 Å². The lowest BCUT2D eigenvalue weighted by Gasteiger charge is -2.23. The lowest BCUT2D eigenvalue weighted by atomic mass is 9.84. The third kappa shape index (κ3) is 24.5. The first-order chi connectivity index (χ1) is 34.3. The molecular weight excluding hydrogens is 963 g/mol. The minimum atomic E-state index is -4.40. The number of oxime groups is 2. The first kappa shape index (κ1) is 65.6. The fourth-order valence-electron chi connectivity index (χ4n) is 9.53. The number of aliphatic hydroxyl groups excluding tert-OH is 5. The van der Waals surface area contributed by atoms with E-state index in [2.05, 4.69) is 20.9 Å². The standard InChI is InChI=1S/C25H36F3NO5.C24H35F3N2O5.CH4O.H3NO/c1-34-24(32)10-5-3-2-4-9-21-20(22(29-33)16-23(21)31)14-13-19(30)12-11-17-7-6-8-18(15-17)25(26,27)28;25-24(26,27)17-7-5-6-16(14-17)10-11-18(30)12-13-19-20(22(31)15-21(19)28-33)8-3-1-2-4-9-23(32)29-34;2*1-2/h6-8,15,19-21,23,30-31,33H,2-5,9-14,16H2,1H3;5-7,14,18-20,22,30-31,33-34H,1-4,8-13,15H2,(H,29,32);2H,1H3;2H,1H2/b29-22-;28-21-;;. The lowest BCUT2D eigenvalue weighted by molar-refractivity contribution is -0.141. The minimum Gasteiger partial charge on any atom is -0.469 e. The summed E-state index contributed by atoms with van der Waals surface area (Å²) >= 11 is 0. The lowest BCUT2D eigenvalue weighted by Crippen LogP contribution is -2.22. The van der Waals surface area contributed by atoms with Crippen molar-refractivity contribution < 1.29 is 87.0 Å². The quantitative estimate of drug-likeness (QED) is 0.0105. The number of rotatable bonds is 26. The van der Waals surface area contributed by atoms with Gasteiger partial charge in [-0.1, -0.05) is 85.2 Å². The molecule has 12 N–H and O–H groups in total. The molecule has 0 aliphatic heterocycles. The molecule has 0 aromatic heterocycles. The minimum absolute atomic E-state index is 0.0674. The molecule has 2 fully saturated rings. The average Bonchev–Trinajstić information content (AvgIpc) is 3.86. The van der Waals surface area contributed by atoms with Crippen molar-refractivity contribution in [2.45, 2.75) is 178 Å². The van der Waals surface area contributed by atoms with Gasteiger partial charge in [0, 0.05) is 44.6 Å². The van der Waals surface area contributed by atoms with Gasteiger partial charge in [0.05, 0.1) is 54.1 Å². The molecule has 22 heteroatoms. The Morgan fingerprint density at radius 3 is 1.40 bits per heavy atom. The smallest absolute Gasteiger partial charge is 0.416 e. The Morgan fingerprint density at radius 2 is 1.04 bits per heavy atom. The average molecular weight is 1040 g/mol. The van der Waals surface area contributed by atoms with Gasteiger partial charge in [-0.25, -0.2) is 11.4 Å². The molecule has 2 aromatic rings. The van der Waals surface area contributed by atoms with Crippen LogP contribution in [0.25, 0.3) is 0 Å². The topological polar surface area (TPSA) is 288 Å². The second-order valence-corrected chi connectivity index (χ2v) is 18.2. The maximum atomic E-state index is 12.9. The number of aliphatic hydroxyl groups is 5. The van der Waals surface area contributed by atoms with E-state index in [1.807, 2.05) is 0 Å². The molecule has 72 heavy (non-hydrogen) atoms. The number of hydroxylamine groups is 1. The van der Waals surface area contributed by atoms with Gasteiger partial charge in [-0.3, -0.25) is 14.8 Å². The maximum absolute atomic E-state index is 12.9. The van der Waals surface area contributed by atoms with Gasteiger partial charge < -0.3 is 45.9 Å². The summed E-state index contributed by atoms with van der Waals surface area (Å²) in [4.78, 5) is 22.2. The second-order valence-electron chi connectivity index (χ2n) is 18.2. The van der Waals surface area contributed by atoms with Crippen LogP contribution in [-0.4, -0.2) is 108 Å². The molecule has 4 rings (SSSR count). The molecule has 0 saturated heterocycles.